The van der Waals surface area contributed by atoms with Gasteiger partial charge in [0, 0.05) is 12.8 Å². The van der Waals surface area contributed by atoms with Crippen molar-refractivity contribution in [3.63, 3.8) is 0 Å². The van der Waals surface area contributed by atoms with E-state index < -0.39 is 9.84 Å². The third kappa shape index (κ3) is 2.49. The zero-order valence-corrected chi connectivity index (χ0v) is 9.89. The molecule has 0 aromatic heterocycles. The van der Waals surface area contributed by atoms with E-state index in [2.05, 4.69) is 0 Å². The van der Waals surface area contributed by atoms with Gasteiger partial charge < -0.3 is 10.5 Å². The van der Waals surface area contributed by atoms with E-state index in [0.29, 0.717) is 11.3 Å². The summed E-state index contributed by atoms with van der Waals surface area (Å²) in [6.45, 7) is 1.98. The second-order valence-corrected chi connectivity index (χ2v) is 5.39. The van der Waals surface area contributed by atoms with Gasteiger partial charge in [0.05, 0.1) is 12.0 Å². The van der Waals surface area contributed by atoms with Gasteiger partial charge in [-0.05, 0) is 30.2 Å². The van der Waals surface area contributed by atoms with E-state index in [0.717, 1.165) is 5.56 Å². The lowest BCUT2D eigenvalue weighted by molar-refractivity contribution is 0.410. The fraction of sp³-hybridized carbons (Fsp3) is 0.400. The molecule has 5 heteroatoms. The van der Waals surface area contributed by atoms with Gasteiger partial charge in [-0.15, -0.1) is 0 Å². The summed E-state index contributed by atoms with van der Waals surface area (Å²) < 4.78 is 28.0. The highest BCUT2D eigenvalue weighted by molar-refractivity contribution is 7.90. The first-order chi connectivity index (χ1) is 6.90. The molecular weight excluding hydrogens is 214 g/mol. The fourth-order valence-electron chi connectivity index (χ4n) is 1.43. The summed E-state index contributed by atoms with van der Waals surface area (Å²) >= 11 is 0. The van der Waals surface area contributed by atoms with Crippen molar-refractivity contribution in [1.82, 2.24) is 0 Å². The van der Waals surface area contributed by atoms with Crippen LogP contribution in [0.15, 0.2) is 17.0 Å². The highest BCUT2D eigenvalue weighted by atomic mass is 32.2. The molecule has 1 aromatic rings. The minimum atomic E-state index is -3.23. The van der Waals surface area contributed by atoms with E-state index in [1.807, 2.05) is 0 Å². The molecule has 1 rings (SSSR count). The summed E-state index contributed by atoms with van der Waals surface area (Å²) in [4.78, 5) is 0.281. The molecule has 0 aliphatic heterocycles. The van der Waals surface area contributed by atoms with Crippen molar-refractivity contribution in [2.75, 3.05) is 13.4 Å². The third-order valence-electron chi connectivity index (χ3n) is 2.20. The Morgan fingerprint density at radius 2 is 2.00 bits per heavy atom. The van der Waals surface area contributed by atoms with Gasteiger partial charge in [-0.1, -0.05) is 0 Å². The predicted octanol–water partition coefficient (Wildman–Crippen LogP) is 0.866. The number of aryl methyl sites for hydroxylation is 1. The lowest BCUT2D eigenvalue weighted by Crippen LogP contribution is -2.08. The molecule has 0 atom stereocenters. The van der Waals surface area contributed by atoms with Gasteiger partial charge in [0.25, 0.3) is 0 Å². The molecule has 15 heavy (non-hydrogen) atoms. The van der Waals surface area contributed by atoms with Crippen LogP contribution in [0.5, 0.6) is 5.75 Å². The molecule has 0 fully saturated rings. The summed E-state index contributed by atoms with van der Waals surface area (Å²) in [5.41, 5.74) is 6.87. The lowest BCUT2D eigenvalue weighted by atomic mass is 10.1. The third-order valence-corrected chi connectivity index (χ3v) is 3.38. The average Bonchev–Trinajstić information content (AvgIpc) is 2.16. The Morgan fingerprint density at radius 3 is 2.40 bits per heavy atom. The maximum absolute atomic E-state index is 11.5. The van der Waals surface area contributed by atoms with Crippen molar-refractivity contribution in [2.45, 2.75) is 18.4 Å². The maximum Gasteiger partial charge on any atom is 0.175 e. The van der Waals surface area contributed by atoms with Crippen LogP contribution in [0, 0.1) is 6.92 Å². The van der Waals surface area contributed by atoms with Gasteiger partial charge >= 0.3 is 0 Å². The van der Waals surface area contributed by atoms with Gasteiger partial charge in [0.15, 0.2) is 9.84 Å². The maximum atomic E-state index is 11.5. The van der Waals surface area contributed by atoms with Crippen LogP contribution in [0.3, 0.4) is 0 Å². The second kappa shape index (κ2) is 4.20. The van der Waals surface area contributed by atoms with Crippen LogP contribution in [0.4, 0.5) is 0 Å². The Kier molecular flexibility index (Phi) is 3.36. The topological polar surface area (TPSA) is 69.4 Å². The molecule has 0 aliphatic carbocycles. The molecule has 2 N–H and O–H groups in total. The number of hydrogen-bond acceptors (Lipinski definition) is 4. The lowest BCUT2D eigenvalue weighted by Gasteiger charge is -2.11. The summed E-state index contributed by atoms with van der Waals surface area (Å²) in [7, 11) is -1.68. The van der Waals surface area contributed by atoms with Gasteiger partial charge in [-0.3, -0.25) is 0 Å². The molecule has 0 spiro atoms. The van der Waals surface area contributed by atoms with Crippen LogP contribution >= 0.6 is 0 Å². The summed E-state index contributed by atoms with van der Waals surface area (Å²) in [6, 6.07) is 3.27. The Balaban J connectivity index is 3.48. The van der Waals surface area contributed by atoms with E-state index >= 15 is 0 Å². The Morgan fingerprint density at radius 1 is 1.40 bits per heavy atom. The Bertz CT molecular complexity index is 466. The molecule has 0 amide bonds. The van der Waals surface area contributed by atoms with E-state index in [1.54, 1.807) is 26.2 Å². The summed E-state index contributed by atoms with van der Waals surface area (Å²) in [6.07, 6.45) is 1.17. The minimum Gasteiger partial charge on any atom is -0.496 e. The van der Waals surface area contributed by atoms with Crippen LogP contribution in [-0.2, 0) is 16.4 Å². The smallest absolute Gasteiger partial charge is 0.175 e. The minimum absolute atomic E-state index is 0.180. The number of nitrogens with two attached hydrogens (primary N) is 1. The monoisotopic (exact) mass is 229 g/mol. The second-order valence-electron chi connectivity index (χ2n) is 3.41. The molecular formula is C10H15NO3S. The SMILES string of the molecule is COc1cc(CN)c(S(C)(=O)=O)cc1C. The normalized spacial score (nSPS) is 11.5. The molecule has 0 heterocycles. The van der Waals surface area contributed by atoms with Gasteiger partial charge in [0.1, 0.15) is 5.75 Å². The van der Waals surface area contributed by atoms with Crippen molar-refractivity contribution in [3.8, 4) is 5.75 Å². The van der Waals surface area contributed by atoms with E-state index in [-0.39, 0.29) is 11.4 Å². The molecule has 0 saturated carbocycles. The largest absolute Gasteiger partial charge is 0.496 e. The number of hydrogen-bond donors (Lipinski definition) is 1. The van der Waals surface area contributed by atoms with E-state index in [1.165, 1.54) is 6.26 Å². The molecule has 0 unspecified atom stereocenters. The summed E-state index contributed by atoms with van der Waals surface area (Å²) in [5.74, 6) is 0.655. The molecule has 0 aliphatic rings. The van der Waals surface area contributed by atoms with Crippen molar-refractivity contribution in [3.05, 3.63) is 23.3 Å². The van der Waals surface area contributed by atoms with Crippen LogP contribution in [0.25, 0.3) is 0 Å². The predicted molar refractivity (Wildman–Crippen MR) is 58.7 cm³/mol. The highest BCUT2D eigenvalue weighted by Crippen LogP contribution is 2.25. The first-order valence-electron chi connectivity index (χ1n) is 4.47. The molecule has 0 bridgehead atoms. The molecule has 84 valence electrons. The number of rotatable bonds is 3. The van der Waals surface area contributed by atoms with Crippen molar-refractivity contribution in [1.29, 1.82) is 0 Å². The first kappa shape index (κ1) is 12.0. The molecule has 4 nitrogen and oxygen atoms in total. The summed E-state index contributed by atoms with van der Waals surface area (Å²) in [5, 5.41) is 0. The van der Waals surface area contributed by atoms with Crippen molar-refractivity contribution < 1.29 is 13.2 Å². The zero-order chi connectivity index (χ0) is 11.6. The van der Waals surface area contributed by atoms with Crippen LogP contribution in [-0.4, -0.2) is 21.8 Å². The molecule has 0 radical (unpaired) electrons. The van der Waals surface area contributed by atoms with E-state index in [9.17, 15) is 8.42 Å². The van der Waals surface area contributed by atoms with Gasteiger partial charge in [-0.25, -0.2) is 8.42 Å². The standard InChI is InChI=1S/C10H15NO3S/c1-7-4-10(15(3,12)13)8(6-11)5-9(7)14-2/h4-5H,6,11H2,1-3H3. The first-order valence-corrected chi connectivity index (χ1v) is 6.37. The van der Waals surface area contributed by atoms with Crippen LogP contribution < -0.4 is 10.5 Å². The quantitative estimate of drug-likeness (QED) is 0.834. The fourth-order valence-corrected chi connectivity index (χ4v) is 2.44. The van der Waals surface area contributed by atoms with Gasteiger partial charge in [-0.2, -0.15) is 0 Å². The Hall–Kier alpha value is -1.07. The number of ether oxygens (including phenoxy) is 1. The van der Waals surface area contributed by atoms with Crippen molar-refractivity contribution >= 4 is 9.84 Å². The van der Waals surface area contributed by atoms with E-state index in [4.69, 9.17) is 10.5 Å². The number of methoxy groups -OCH3 is 1. The van der Waals surface area contributed by atoms with Crippen LogP contribution in [0.2, 0.25) is 0 Å². The Labute approximate surface area is 90.0 Å². The number of benzene rings is 1. The average molecular weight is 229 g/mol. The van der Waals surface area contributed by atoms with Gasteiger partial charge in [0.2, 0.25) is 0 Å². The van der Waals surface area contributed by atoms with Crippen molar-refractivity contribution in [2.24, 2.45) is 5.73 Å². The number of sulfone groups is 1. The molecule has 1 aromatic carbocycles. The molecule has 0 saturated heterocycles. The highest BCUT2D eigenvalue weighted by Gasteiger charge is 2.15. The zero-order valence-electron chi connectivity index (χ0n) is 9.07. The van der Waals surface area contributed by atoms with Crippen LogP contribution in [0.1, 0.15) is 11.1 Å².